The molecule has 0 aliphatic carbocycles. The number of hydrogen-bond acceptors (Lipinski definition) is 3. The van der Waals surface area contributed by atoms with Gasteiger partial charge in [-0.2, -0.15) is 0 Å². The Morgan fingerprint density at radius 3 is 2.28 bits per heavy atom. The highest BCUT2D eigenvalue weighted by molar-refractivity contribution is 5.89. The van der Waals surface area contributed by atoms with Crippen LogP contribution < -0.4 is 16.4 Å². The van der Waals surface area contributed by atoms with Crippen LogP contribution in [-0.2, 0) is 16.0 Å². The lowest BCUT2D eigenvalue weighted by molar-refractivity contribution is -0.130. The first-order chi connectivity index (χ1) is 11.8. The highest BCUT2D eigenvalue weighted by Gasteiger charge is 2.26. The molecule has 4 N–H and O–H groups in total. The van der Waals surface area contributed by atoms with Gasteiger partial charge in [-0.25, -0.2) is 0 Å². The molecule has 0 unspecified atom stereocenters. The summed E-state index contributed by atoms with van der Waals surface area (Å²) in [6.07, 6.45) is 2.18. The summed E-state index contributed by atoms with van der Waals surface area (Å²) in [5, 5.41) is 5.77. The molecule has 5 nitrogen and oxygen atoms in total. The van der Waals surface area contributed by atoms with E-state index < -0.39 is 12.1 Å². The van der Waals surface area contributed by atoms with Gasteiger partial charge < -0.3 is 16.4 Å². The molecule has 0 fully saturated rings. The zero-order chi connectivity index (χ0) is 18.8. The van der Waals surface area contributed by atoms with Crippen LogP contribution in [0.25, 0.3) is 0 Å². The number of amides is 2. The SMILES string of the molecule is CC[C@H](C)[C@H](N)C(=O)N[C@@H](CC(C)C)C(=O)NCCc1ccccc1. The Bertz CT molecular complexity index is 531. The van der Waals surface area contributed by atoms with Crippen molar-refractivity contribution in [2.45, 2.75) is 59.0 Å². The Kier molecular flexibility index (Phi) is 9.21. The summed E-state index contributed by atoms with van der Waals surface area (Å²) < 4.78 is 0. The summed E-state index contributed by atoms with van der Waals surface area (Å²) in [5.41, 5.74) is 7.16. The van der Waals surface area contributed by atoms with Crippen molar-refractivity contribution in [2.75, 3.05) is 6.54 Å². The minimum Gasteiger partial charge on any atom is -0.354 e. The van der Waals surface area contributed by atoms with Gasteiger partial charge >= 0.3 is 0 Å². The maximum atomic E-state index is 12.5. The molecule has 0 aliphatic heterocycles. The van der Waals surface area contributed by atoms with Crippen molar-refractivity contribution < 1.29 is 9.59 Å². The number of carbonyl (C=O) groups is 2. The fourth-order valence-corrected chi connectivity index (χ4v) is 2.58. The third kappa shape index (κ3) is 7.69. The summed E-state index contributed by atoms with van der Waals surface area (Å²) in [6.45, 7) is 8.56. The van der Waals surface area contributed by atoms with Crippen molar-refractivity contribution in [3.05, 3.63) is 35.9 Å². The van der Waals surface area contributed by atoms with Gasteiger partial charge in [0.15, 0.2) is 0 Å². The van der Waals surface area contributed by atoms with Gasteiger partial charge in [-0.1, -0.05) is 64.4 Å². The Morgan fingerprint density at radius 1 is 1.08 bits per heavy atom. The molecule has 5 heteroatoms. The molecule has 2 amide bonds. The maximum Gasteiger partial charge on any atom is 0.242 e. The van der Waals surface area contributed by atoms with E-state index in [1.165, 1.54) is 5.56 Å². The number of benzene rings is 1. The molecule has 0 saturated carbocycles. The molecular weight excluding hydrogens is 314 g/mol. The second-order valence-corrected chi connectivity index (χ2v) is 7.13. The van der Waals surface area contributed by atoms with Crippen LogP contribution in [0.15, 0.2) is 30.3 Å². The second-order valence-electron chi connectivity index (χ2n) is 7.13. The Hall–Kier alpha value is -1.88. The van der Waals surface area contributed by atoms with Crippen LogP contribution in [0.2, 0.25) is 0 Å². The first-order valence-electron chi connectivity index (χ1n) is 9.22. The van der Waals surface area contributed by atoms with Crippen molar-refractivity contribution in [2.24, 2.45) is 17.6 Å². The second kappa shape index (κ2) is 10.9. The zero-order valence-corrected chi connectivity index (χ0v) is 15.9. The quantitative estimate of drug-likeness (QED) is 0.607. The van der Waals surface area contributed by atoms with Gasteiger partial charge in [-0.15, -0.1) is 0 Å². The lowest BCUT2D eigenvalue weighted by Crippen LogP contribution is -2.53. The minimum atomic E-state index is -0.586. The molecule has 25 heavy (non-hydrogen) atoms. The highest BCUT2D eigenvalue weighted by Crippen LogP contribution is 2.09. The summed E-state index contributed by atoms with van der Waals surface area (Å²) in [4.78, 5) is 24.8. The van der Waals surface area contributed by atoms with E-state index in [1.54, 1.807) is 0 Å². The molecule has 1 rings (SSSR count). The topological polar surface area (TPSA) is 84.2 Å². The molecule has 0 aromatic heterocycles. The molecule has 0 radical (unpaired) electrons. The molecule has 140 valence electrons. The van der Waals surface area contributed by atoms with Gasteiger partial charge in [0, 0.05) is 6.54 Å². The Balaban J connectivity index is 2.58. The molecule has 0 aliphatic rings. The van der Waals surface area contributed by atoms with Crippen molar-refractivity contribution in [3.63, 3.8) is 0 Å². The third-order valence-electron chi connectivity index (χ3n) is 4.46. The Morgan fingerprint density at radius 2 is 1.72 bits per heavy atom. The fourth-order valence-electron chi connectivity index (χ4n) is 2.58. The van der Waals surface area contributed by atoms with Gasteiger partial charge in [-0.3, -0.25) is 9.59 Å². The van der Waals surface area contributed by atoms with E-state index >= 15 is 0 Å². The van der Waals surface area contributed by atoms with E-state index in [4.69, 9.17) is 5.73 Å². The monoisotopic (exact) mass is 347 g/mol. The van der Waals surface area contributed by atoms with Crippen LogP contribution in [-0.4, -0.2) is 30.4 Å². The number of rotatable bonds is 10. The van der Waals surface area contributed by atoms with E-state index in [2.05, 4.69) is 10.6 Å². The van der Waals surface area contributed by atoms with Gasteiger partial charge in [0.1, 0.15) is 6.04 Å². The van der Waals surface area contributed by atoms with Crippen LogP contribution in [0.4, 0.5) is 0 Å². The number of carbonyl (C=O) groups excluding carboxylic acids is 2. The van der Waals surface area contributed by atoms with Crippen LogP contribution in [0.1, 0.15) is 46.1 Å². The normalized spacial score (nSPS) is 14.6. The molecule has 0 heterocycles. The first kappa shape index (κ1) is 21.2. The van der Waals surface area contributed by atoms with Crippen LogP contribution in [0.3, 0.4) is 0 Å². The van der Waals surface area contributed by atoms with Crippen molar-refractivity contribution >= 4 is 11.8 Å². The maximum absolute atomic E-state index is 12.5. The van der Waals surface area contributed by atoms with E-state index in [-0.39, 0.29) is 17.7 Å². The Labute approximate surface area is 151 Å². The number of hydrogen-bond donors (Lipinski definition) is 3. The predicted octanol–water partition coefficient (Wildman–Crippen LogP) is 2.25. The average Bonchev–Trinajstić information content (AvgIpc) is 2.60. The van der Waals surface area contributed by atoms with E-state index in [9.17, 15) is 9.59 Å². The fraction of sp³-hybridized carbons (Fsp3) is 0.600. The number of nitrogens with two attached hydrogens (primary N) is 1. The summed E-state index contributed by atoms with van der Waals surface area (Å²) in [6, 6.07) is 8.87. The van der Waals surface area contributed by atoms with Crippen LogP contribution >= 0.6 is 0 Å². The molecule has 1 aromatic carbocycles. The summed E-state index contributed by atoms with van der Waals surface area (Å²) >= 11 is 0. The molecule has 0 spiro atoms. The van der Waals surface area contributed by atoms with Gasteiger partial charge in [-0.05, 0) is 30.2 Å². The molecule has 3 atom stereocenters. The summed E-state index contributed by atoms with van der Waals surface area (Å²) in [5.74, 6) is -0.0154. The first-order valence-corrected chi connectivity index (χ1v) is 9.22. The zero-order valence-electron chi connectivity index (χ0n) is 15.9. The van der Waals surface area contributed by atoms with Gasteiger partial charge in [0.05, 0.1) is 6.04 Å². The third-order valence-corrected chi connectivity index (χ3v) is 4.46. The van der Waals surface area contributed by atoms with Crippen molar-refractivity contribution in [3.8, 4) is 0 Å². The van der Waals surface area contributed by atoms with E-state index in [0.29, 0.717) is 18.9 Å². The highest BCUT2D eigenvalue weighted by atomic mass is 16.2. The minimum absolute atomic E-state index is 0.0841. The van der Waals surface area contributed by atoms with Crippen molar-refractivity contribution in [1.82, 2.24) is 10.6 Å². The lowest BCUT2D eigenvalue weighted by atomic mass is 9.97. The smallest absolute Gasteiger partial charge is 0.242 e. The molecule has 0 saturated heterocycles. The molecule has 0 bridgehead atoms. The molecule has 1 aromatic rings. The molecular formula is C20H33N3O2. The van der Waals surface area contributed by atoms with E-state index in [1.807, 2.05) is 58.0 Å². The lowest BCUT2D eigenvalue weighted by Gasteiger charge is -2.24. The van der Waals surface area contributed by atoms with Crippen LogP contribution in [0.5, 0.6) is 0 Å². The standard InChI is InChI=1S/C20H33N3O2/c1-5-15(4)18(21)20(25)23-17(13-14(2)3)19(24)22-12-11-16-9-7-6-8-10-16/h6-10,14-15,17-18H,5,11-13,21H2,1-4H3,(H,22,24)(H,23,25)/t15-,17-,18-/m0/s1. The largest absolute Gasteiger partial charge is 0.354 e. The van der Waals surface area contributed by atoms with Gasteiger partial charge in [0.25, 0.3) is 0 Å². The summed E-state index contributed by atoms with van der Waals surface area (Å²) in [7, 11) is 0. The van der Waals surface area contributed by atoms with Crippen molar-refractivity contribution in [1.29, 1.82) is 0 Å². The van der Waals surface area contributed by atoms with E-state index in [0.717, 1.165) is 12.8 Å². The number of nitrogens with one attached hydrogen (secondary N) is 2. The van der Waals surface area contributed by atoms with Crippen LogP contribution in [0, 0.1) is 11.8 Å². The van der Waals surface area contributed by atoms with Gasteiger partial charge in [0.2, 0.25) is 11.8 Å². The predicted molar refractivity (Wildman–Crippen MR) is 102 cm³/mol. The average molecular weight is 348 g/mol.